The van der Waals surface area contributed by atoms with Crippen LogP contribution in [0, 0.1) is 22.7 Å². The van der Waals surface area contributed by atoms with E-state index in [-0.39, 0.29) is 22.9 Å². The molecule has 0 N–H and O–H groups in total. The van der Waals surface area contributed by atoms with Crippen LogP contribution in [0.2, 0.25) is 0 Å². The Morgan fingerprint density at radius 1 is 1.18 bits per heavy atom. The van der Waals surface area contributed by atoms with E-state index in [1.807, 2.05) is 13.0 Å². The minimum atomic E-state index is -0.649. The molecule has 0 heterocycles. The van der Waals surface area contributed by atoms with Crippen molar-refractivity contribution < 1.29 is 9.59 Å². The molecule has 3 aliphatic rings. The summed E-state index contributed by atoms with van der Waals surface area (Å²) in [5, 5.41) is 0. The van der Waals surface area contributed by atoms with E-state index in [0.717, 1.165) is 12.8 Å². The van der Waals surface area contributed by atoms with Gasteiger partial charge in [-0.15, -0.1) is 0 Å². The highest BCUT2D eigenvalue weighted by molar-refractivity contribution is 6.20. The van der Waals surface area contributed by atoms with Crippen molar-refractivity contribution in [2.24, 2.45) is 22.7 Å². The van der Waals surface area contributed by atoms with Crippen molar-refractivity contribution in [1.29, 1.82) is 0 Å². The van der Waals surface area contributed by atoms with Crippen molar-refractivity contribution in [1.82, 2.24) is 0 Å². The number of ketones is 2. The molecule has 0 spiro atoms. The van der Waals surface area contributed by atoms with Crippen LogP contribution >= 0.6 is 0 Å². The second kappa shape index (κ2) is 4.78. The van der Waals surface area contributed by atoms with Gasteiger partial charge in [0, 0.05) is 5.57 Å². The van der Waals surface area contributed by atoms with E-state index in [2.05, 4.69) is 26.8 Å². The fourth-order valence-electron chi connectivity index (χ4n) is 4.58. The Morgan fingerprint density at radius 2 is 1.86 bits per heavy atom. The van der Waals surface area contributed by atoms with Crippen molar-refractivity contribution in [3.8, 4) is 0 Å². The number of allylic oxidation sites excluding steroid dienone is 6. The van der Waals surface area contributed by atoms with E-state index >= 15 is 0 Å². The maximum atomic E-state index is 12.9. The Labute approximate surface area is 133 Å². The number of rotatable bonds is 0. The van der Waals surface area contributed by atoms with Crippen molar-refractivity contribution in [2.45, 2.75) is 53.9 Å². The Kier molecular flexibility index (Phi) is 3.36. The number of hydrogen-bond donors (Lipinski definition) is 0. The summed E-state index contributed by atoms with van der Waals surface area (Å²) in [5.41, 5.74) is 2.28. The topological polar surface area (TPSA) is 34.1 Å². The predicted molar refractivity (Wildman–Crippen MR) is 88.3 cm³/mol. The maximum absolute atomic E-state index is 12.9. The standard InChI is InChI=1S/C20H26O2/c1-12-10-17(21)15-9-7-13-6-8-14(19(2,3)4)11-16(13)20(15,5)18(12)22/h7,9-10,14,16H,6,8,11H2,1-5H3/t14-,16-,20+/m0/s1. The zero-order valence-corrected chi connectivity index (χ0v) is 14.3. The third-order valence-corrected chi connectivity index (χ3v) is 6.14. The van der Waals surface area contributed by atoms with Gasteiger partial charge in [0.2, 0.25) is 0 Å². The number of Topliss-reactive ketones (excluding diaryl/α,β-unsaturated/α-hetero) is 1. The van der Waals surface area contributed by atoms with E-state index in [9.17, 15) is 9.59 Å². The molecule has 2 nitrogen and oxygen atoms in total. The van der Waals surface area contributed by atoms with Crippen LogP contribution in [0.4, 0.5) is 0 Å². The summed E-state index contributed by atoms with van der Waals surface area (Å²) in [7, 11) is 0. The van der Waals surface area contributed by atoms with Gasteiger partial charge in [0.1, 0.15) is 0 Å². The van der Waals surface area contributed by atoms with Crippen LogP contribution in [0.1, 0.15) is 53.9 Å². The zero-order chi connectivity index (χ0) is 16.3. The van der Waals surface area contributed by atoms with Crippen molar-refractivity contribution in [3.05, 3.63) is 34.9 Å². The summed E-state index contributed by atoms with van der Waals surface area (Å²) in [6.45, 7) is 10.6. The van der Waals surface area contributed by atoms with Crippen molar-refractivity contribution in [2.75, 3.05) is 0 Å². The van der Waals surface area contributed by atoms with Gasteiger partial charge in [-0.3, -0.25) is 9.59 Å². The molecule has 3 rings (SSSR count). The minimum absolute atomic E-state index is 0.0211. The molecular weight excluding hydrogens is 272 g/mol. The lowest BCUT2D eigenvalue weighted by Crippen LogP contribution is -2.48. The van der Waals surface area contributed by atoms with Crippen molar-refractivity contribution >= 4 is 11.6 Å². The second-order valence-electron chi connectivity index (χ2n) is 8.43. The number of carbonyl (C=O) groups excluding carboxylic acids is 2. The minimum Gasteiger partial charge on any atom is -0.294 e. The van der Waals surface area contributed by atoms with Crippen LogP contribution in [0.15, 0.2) is 34.9 Å². The second-order valence-corrected chi connectivity index (χ2v) is 8.43. The molecule has 0 amide bonds. The van der Waals surface area contributed by atoms with Gasteiger partial charge >= 0.3 is 0 Å². The largest absolute Gasteiger partial charge is 0.294 e. The van der Waals surface area contributed by atoms with Gasteiger partial charge in [-0.25, -0.2) is 0 Å². The predicted octanol–water partition coefficient (Wildman–Crippen LogP) is 4.42. The molecule has 0 bridgehead atoms. The SMILES string of the molecule is CC1=CC(=O)C2=CC=C3CC[C@H](C(C)(C)C)C[C@@H]3[C@]2(C)C1=O. The first-order chi connectivity index (χ1) is 10.2. The lowest BCUT2D eigenvalue weighted by molar-refractivity contribution is -0.129. The molecule has 1 fully saturated rings. The first-order valence-corrected chi connectivity index (χ1v) is 8.34. The smallest absolute Gasteiger partial charge is 0.183 e. The molecule has 2 heteroatoms. The third-order valence-electron chi connectivity index (χ3n) is 6.14. The van der Waals surface area contributed by atoms with Crippen LogP contribution in [-0.2, 0) is 9.59 Å². The van der Waals surface area contributed by atoms with Crippen LogP contribution in [-0.4, -0.2) is 11.6 Å². The first kappa shape index (κ1) is 15.5. The molecule has 1 saturated carbocycles. The first-order valence-electron chi connectivity index (χ1n) is 8.34. The van der Waals surface area contributed by atoms with Gasteiger partial charge in [-0.1, -0.05) is 38.5 Å². The molecule has 0 aromatic rings. The lowest BCUT2D eigenvalue weighted by Gasteiger charge is -2.49. The van der Waals surface area contributed by atoms with Crippen LogP contribution < -0.4 is 0 Å². The molecule has 0 saturated heterocycles. The van der Waals surface area contributed by atoms with Gasteiger partial charge in [0.25, 0.3) is 0 Å². The Bertz CT molecular complexity index is 639. The van der Waals surface area contributed by atoms with E-state index in [4.69, 9.17) is 0 Å². The fraction of sp³-hybridized carbons (Fsp3) is 0.600. The molecule has 0 unspecified atom stereocenters. The van der Waals surface area contributed by atoms with Crippen molar-refractivity contribution in [3.63, 3.8) is 0 Å². The van der Waals surface area contributed by atoms with Crippen LogP contribution in [0.25, 0.3) is 0 Å². The van der Waals surface area contributed by atoms with Gasteiger partial charge in [0.15, 0.2) is 11.6 Å². The normalized spacial score (nSPS) is 35.2. The third kappa shape index (κ3) is 2.07. The summed E-state index contributed by atoms with van der Waals surface area (Å²) in [6.07, 6.45) is 8.78. The molecule has 3 atom stereocenters. The highest BCUT2D eigenvalue weighted by atomic mass is 16.1. The molecular formula is C20H26O2. The van der Waals surface area contributed by atoms with E-state index in [1.165, 1.54) is 18.1 Å². The Hall–Kier alpha value is -1.44. The van der Waals surface area contributed by atoms with Gasteiger partial charge < -0.3 is 0 Å². The molecule has 0 aromatic heterocycles. The average Bonchev–Trinajstić information content (AvgIpc) is 2.44. The van der Waals surface area contributed by atoms with Gasteiger partial charge in [-0.2, -0.15) is 0 Å². The molecule has 0 aliphatic heterocycles. The van der Waals surface area contributed by atoms with E-state index in [1.54, 1.807) is 6.92 Å². The Morgan fingerprint density at radius 3 is 2.50 bits per heavy atom. The summed E-state index contributed by atoms with van der Waals surface area (Å²) >= 11 is 0. The molecule has 3 aliphatic carbocycles. The van der Waals surface area contributed by atoms with Gasteiger partial charge in [-0.05, 0) is 62.0 Å². The maximum Gasteiger partial charge on any atom is 0.183 e. The summed E-state index contributed by atoms with van der Waals surface area (Å²) in [6, 6.07) is 0. The van der Waals surface area contributed by atoms with Crippen LogP contribution in [0.3, 0.4) is 0 Å². The van der Waals surface area contributed by atoms with E-state index in [0.29, 0.717) is 17.1 Å². The molecule has 22 heavy (non-hydrogen) atoms. The number of fused-ring (bicyclic) bond motifs is 3. The summed E-state index contributed by atoms with van der Waals surface area (Å²) < 4.78 is 0. The quantitative estimate of drug-likeness (QED) is 0.663. The monoisotopic (exact) mass is 298 g/mol. The van der Waals surface area contributed by atoms with E-state index < -0.39 is 5.41 Å². The Balaban J connectivity index is 2.07. The molecule has 118 valence electrons. The molecule has 0 aromatic carbocycles. The number of carbonyl (C=O) groups is 2. The summed E-state index contributed by atoms with van der Waals surface area (Å²) in [4.78, 5) is 25.4. The summed E-state index contributed by atoms with van der Waals surface area (Å²) in [5.74, 6) is 0.946. The number of hydrogen-bond acceptors (Lipinski definition) is 2. The fourth-order valence-corrected chi connectivity index (χ4v) is 4.58. The molecule has 0 radical (unpaired) electrons. The zero-order valence-electron chi connectivity index (χ0n) is 14.3. The van der Waals surface area contributed by atoms with Crippen LogP contribution in [0.5, 0.6) is 0 Å². The highest BCUT2D eigenvalue weighted by Gasteiger charge is 2.53. The lowest BCUT2D eigenvalue weighted by atomic mass is 9.53. The van der Waals surface area contributed by atoms with Gasteiger partial charge in [0.05, 0.1) is 5.41 Å². The highest BCUT2D eigenvalue weighted by Crippen LogP contribution is 2.55. The average molecular weight is 298 g/mol.